The van der Waals surface area contributed by atoms with Crippen molar-refractivity contribution in [2.75, 3.05) is 13.1 Å². The molecular formula is C15H23ClN2O2. The van der Waals surface area contributed by atoms with Crippen molar-refractivity contribution in [1.29, 1.82) is 0 Å². The topological polar surface area (TPSA) is 52.6 Å². The van der Waals surface area contributed by atoms with Crippen molar-refractivity contribution in [2.45, 2.75) is 39.5 Å². The number of nitrogens with zero attached hydrogens (tertiary/aromatic N) is 1. The van der Waals surface area contributed by atoms with Crippen LogP contribution in [0.3, 0.4) is 0 Å². The number of hydrogen-bond acceptors (Lipinski definition) is 3. The van der Waals surface area contributed by atoms with Gasteiger partial charge in [-0.2, -0.15) is 0 Å². The summed E-state index contributed by atoms with van der Waals surface area (Å²) in [6, 6.07) is 7.59. The quantitative estimate of drug-likeness (QED) is 0.810. The van der Waals surface area contributed by atoms with Gasteiger partial charge in [-0.25, -0.2) is 0 Å². The highest BCUT2D eigenvalue weighted by Crippen LogP contribution is 2.09. The average molecular weight is 299 g/mol. The second-order valence-electron chi connectivity index (χ2n) is 5.28. The van der Waals surface area contributed by atoms with E-state index in [1.807, 2.05) is 30.9 Å². The zero-order chi connectivity index (χ0) is 15.1. The SMILES string of the molecule is CC(O)CN(CC(=O)NCc1ccc(Cl)cc1)C(C)C. The fourth-order valence-electron chi connectivity index (χ4n) is 1.84. The minimum atomic E-state index is -0.443. The van der Waals surface area contributed by atoms with Gasteiger partial charge < -0.3 is 10.4 Å². The molecule has 0 aliphatic rings. The van der Waals surface area contributed by atoms with Crippen LogP contribution in [0.2, 0.25) is 5.02 Å². The van der Waals surface area contributed by atoms with Gasteiger partial charge in [0, 0.05) is 24.2 Å². The van der Waals surface area contributed by atoms with Gasteiger partial charge in [-0.1, -0.05) is 23.7 Å². The van der Waals surface area contributed by atoms with Crippen LogP contribution < -0.4 is 5.32 Å². The number of nitrogens with one attached hydrogen (secondary N) is 1. The molecule has 1 rings (SSSR count). The van der Waals surface area contributed by atoms with Crippen molar-refractivity contribution in [3.8, 4) is 0 Å². The van der Waals surface area contributed by atoms with Gasteiger partial charge in [0.2, 0.25) is 5.91 Å². The summed E-state index contributed by atoms with van der Waals surface area (Å²) in [5, 5.41) is 13.0. The molecule has 0 heterocycles. The number of benzene rings is 1. The minimum Gasteiger partial charge on any atom is -0.392 e. The molecule has 1 aromatic rings. The maximum atomic E-state index is 11.9. The summed E-state index contributed by atoms with van der Waals surface area (Å²) in [5.74, 6) is -0.0469. The van der Waals surface area contributed by atoms with Gasteiger partial charge in [-0.15, -0.1) is 0 Å². The van der Waals surface area contributed by atoms with Crippen molar-refractivity contribution < 1.29 is 9.90 Å². The molecule has 0 radical (unpaired) electrons. The Morgan fingerprint density at radius 3 is 2.40 bits per heavy atom. The van der Waals surface area contributed by atoms with E-state index in [2.05, 4.69) is 5.32 Å². The zero-order valence-electron chi connectivity index (χ0n) is 12.3. The summed E-state index contributed by atoms with van der Waals surface area (Å²) in [5.41, 5.74) is 1.01. The Hall–Kier alpha value is -1.10. The molecular weight excluding hydrogens is 276 g/mol. The van der Waals surface area contributed by atoms with E-state index < -0.39 is 6.10 Å². The number of amides is 1. The lowest BCUT2D eigenvalue weighted by molar-refractivity contribution is -0.123. The van der Waals surface area contributed by atoms with Crippen LogP contribution in [0.4, 0.5) is 0 Å². The van der Waals surface area contributed by atoms with Crippen LogP contribution >= 0.6 is 11.6 Å². The van der Waals surface area contributed by atoms with Crippen LogP contribution in [0.1, 0.15) is 26.3 Å². The molecule has 0 aliphatic heterocycles. The predicted octanol–water partition coefficient (Wildman–Crippen LogP) is 2.05. The molecule has 0 saturated carbocycles. The smallest absolute Gasteiger partial charge is 0.234 e. The number of hydrogen-bond donors (Lipinski definition) is 2. The Morgan fingerprint density at radius 2 is 1.90 bits per heavy atom. The average Bonchev–Trinajstić information content (AvgIpc) is 2.36. The lowest BCUT2D eigenvalue weighted by Gasteiger charge is -2.26. The third kappa shape index (κ3) is 6.37. The van der Waals surface area contributed by atoms with Crippen LogP contribution in [0, 0.1) is 0 Å². The highest BCUT2D eigenvalue weighted by Gasteiger charge is 2.15. The van der Waals surface area contributed by atoms with E-state index in [4.69, 9.17) is 11.6 Å². The maximum Gasteiger partial charge on any atom is 0.234 e. The predicted molar refractivity (Wildman–Crippen MR) is 81.7 cm³/mol. The van der Waals surface area contributed by atoms with E-state index in [1.54, 1.807) is 19.1 Å². The highest BCUT2D eigenvalue weighted by molar-refractivity contribution is 6.30. The van der Waals surface area contributed by atoms with Gasteiger partial charge in [-0.05, 0) is 38.5 Å². The molecule has 0 aliphatic carbocycles. The molecule has 20 heavy (non-hydrogen) atoms. The number of halogens is 1. The standard InChI is InChI=1S/C15H23ClN2O2/c1-11(2)18(9-12(3)19)10-15(20)17-8-13-4-6-14(16)7-5-13/h4-7,11-12,19H,8-10H2,1-3H3,(H,17,20). The Labute approximate surface area is 125 Å². The molecule has 1 amide bonds. The van der Waals surface area contributed by atoms with Crippen molar-refractivity contribution in [3.05, 3.63) is 34.9 Å². The number of carbonyl (C=O) groups is 1. The lowest BCUT2D eigenvalue weighted by Crippen LogP contribution is -2.43. The van der Waals surface area contributed by atoms with Gasteiger partial charge in [0.25, 0.3) is 0 Å². The summed E-state index contributed by atoms with van der Waals surface area (Å²) < 4.78 is 0. The van der Waals surface area contributed by atoms with Crippen LogP contribution in [-0.2, 0) is 11.3 Å². The normalized spacial score (nSPS) is 12.8. The van der Waals surface area contributed by atoms with Crippen molar-refractivity contribution in [2.24, 2.45) is 0 Å². The van der Waals surface area contributed by atoms with Gasteiger partial charge in [-0.3, -0.25) is 9.69 Å². The van der Waals surface area contributed by atoms with E-state index in [0.717, 1.165) is 5.56 Å². The first-order valence-electron chi connectivity index (χ1n) is 6.81. The molecule has 112 valence electrons. The summed E-state index contributed by atoms with van der Waals surface area (Å²) in [6.07, 6.45) is -0.443. The first-order chi connectivity index (χ1) is 9.38. The third-order valence-electron chi connectivity index (χ3n) is 2.98. The highest BCUT2D eigenvalue weighted by atomic mass is 35.5. The molecule has 5 heteroatoms. The van der Waals surface area contributed by atoms with E-state index in [0.29, 0.717) is 18.1 Å². The monoisotopic (exact) mass is 298 g/mol. The first-order valence-corrected chi connectivity index (χ1v) is 7.19. The van der Waals surface area contributed by atoms with Gasteiger partial charge in [0.15, 0.2) is 0 Å². The molecule has 1 atom stereocenters. The zero-order valence-corrected chi connectivity index (χ0v) is 13.0. The number of rotatable bonds is 7. The summed E-state index contributed by atoms with van der Waals surface area (Å²) >= 11 is 5.81. The van der Waals surface area contributed by atoms with Crippen molar-refractivity contribution in [3.63, 3.8) is 0 Å². The Balaban J connectivity index is 2.43. The van der Waals surface area contributed by atoms with E-state index >= 15 is 0 Å². The van der Waals surface area contributed by atoms with Crippen LogP contribution in [0.25, 0.3) is 0 Å². The van der Waals surface area contributed by atoms with Crippen LogP contribution in [0.15, 0.2) is 24.3 Å². The van der Waals surface area contributed by atoms with Gasteiger partial charge in [0.05, 0.1) is 12.6 Å². The molecule has 1 unspecified atom stereocenters. The molecule has 1 aromatic carbocycles. The Kier molecular flexibility index (Phi) is 6.99. The molecule has 0 aromatic heterocycles. The first kappa shape index (κ1) is 17.0. The number of aliphatic hydroxyl groups excluding tert-OH is 1. The fourth-order valence-corrected chi connectivity index (χ4v) is 1.97. The Bertz CT molecular complexity index is 418. The van der Waals surface area contributed by atoms with E-state index in [9.17, 15) is 9.90 Å². The van der Waals surface area contributed by atoms with Gasteiger partial charge in [0.1, 0.15) is 0 Å². The lowest BCUT2D eigenvalue weighted by atomic mass is 10.2. The maximum absolute atomic E-state index is 11.9. The second kappa shape index (κ2) is 8.25. The molecule has 4 nitrogen and oxygen atoms in total. The molecule has 0 saturated heterocycles. The summed E-state index contributed by atoms with van der Waals surface area (Å²) in [4.78, 5) is 13.9. The minimum absolute atomic E-state index is 0.0469. The van der Waals surface area contributed by atoms with E-state index in [1.165, 1.54) is 0 Å². The van der Waals surface area contributed by atoms with E-state index in [-0.39, 0.29) is 18.5 Å². The Morgan fingerprint density at radius 1 is 1.30 bits per heavy atom. The summed E-state index contributed by atoms with van der Waals surface area (Å²) in [6.45, 7) is 7.00. The van der Waals surface area contributed by atoms with Crippen LogP contribution in [-0.4, -0.2) is 41.1 Å². The molecule has 0 spiro atoms. The molecule has 0 bridgehead atoms. The van der Waals surface area contributed by atoms with Crippen molar-refractivity contribution in [1.82, 2.24) is 10.2 Å². The molecule has 2 N–H and O–H groups in total. The number of carbonyl (C=O) groups excluding carboxylic acids is 1. The third-order valence-corrected chi connectivity index (χ3v) is 3.23. The molecule has 0 fully saturated rings. The largest absolute Gasteiger partial charge is 0.392 e. The summed E-state index contributed by atoms with van der Waals surface area (Å²) in [7, 11) is 0. The fraction of sp³-hybridized carbons (Fsp3) is 0.533. The van der Waals surface area contributed by atoms with Gasteiger partial charge >= 0.3 is 0 Å². The number of aliphatic hydroxyl groups is 1. The van der Waals surface area contributed by atoms with Crippen LogP contribution in [0.5, 0.6) is 0 Å². The second-order valence-corrected chi connectivity index (χ2v) is 5.71. The van der Waals surface area contributed by atoms with Crippen molar-refractivity contribution >= 4 is 17.5 Å².